The molecule has 0 aromatic carbocycles. The third-order valence-corrected chi connectivity index (χ3v) is 1.68. The van der Waals surface area contributed by atoms with Gasteiger partial charge in [-0.2, -0.15) is 0 Å². The molecule has 0 aliphatic rings. The van der Waals surface area contributed by atoms with Crippen molar-refractivity contribution in [3.63, 3.8) is 0 Å². The first-order valence-corrected chi connectivity index (χ1v) is 4.09. The minimum Gasteiger partial charge on any atom is -0.396 e. The van der Waals surface area contributed by atoms with Gasteiger partial charge >= 0.3 is 0 Å². The van der Waals surface area contributed by atoms with Crippen molar-refractivity contribution in [3.8, 4) is 11.8 Å². The van der Waals surface area contributed by atoms with E-state index < -0.39 is 5.91 Å². The first kappa shape index (κ1) is 10.1. The summed E-state index contributed by atoms with van der Waals surface area (Å²) in [7, 11) is 0. The highest BCUT2D eigenvalue weighted by Crippen LogP contribution is 2.11. The maximum atomic E-state index is 10.4. The van der Waals surface area contributed by atoms with E-state index in [2.05, 4.69) is 16.8 Å². The average Bonchev–Trinajstić information content (AvgIpc) is 2.12. The monoisotopic (exact) mass is 189 g/mol. The molecule has 14 heavy (non-hydrogen) atoms. The molecule has 0 saturated carbocycles. The summed E-state index contributed by atoms with van der Waals surface area (Å²) >= 11 is 0. The summed E-state index contributed by atoms with van der Waals surface area (Å²) in [5, 5.41) is 0. The van der Waals surface area contributed by atoms with Crippen LogP contribution in [-0.2, 0) is 4.79 Å². The fraction of sp³-hybridized carbons (Fsp3) is 0.200. The number of carbonyl (C=O) groups is 1. The number of carbonyl (C=O) groups excluding carboxylic acids is 1. The second-order valence-corrected chi connectivity index (χ2v) is 2.83. The number of nitrogen functional groups attached to an aromatic ring is 1. The van der Waals surface area contributed by atoms with Crippen molar-refractivity contribution in [1.29, 1.82) is 0 Å². The molecule has 0 radical (unpaired) electrons. The number of pyridine rings is 1. The smallest absolute Gasteiger partial charge is 0.229 e. The highest BCUT2D eigenvalue weighted by atomic mass is 16.1. The van der Waals surface area contributed by atoms with Crippen LogP contribution in [0.2, 0.25) is 0 Å². The summed E-state index contributed by atoms with van der Waals surface area (Å²) in [4.78, 5) is 14.4. The molecule has 72 valence electrons. The largest absolute Gasteiger partial charge is 0.396 e. The molecule has 0 fully saturated rings. The van der Waals surface area contributed by atoms with E-state index in [1.807, 2.05) is 6.92 Å². The lowest BCUT2D eigenvalue weighted by Crippen LogP contribution is -2.08. The summed E-state index contributed by atoms with van der Waals surface area (Å²) in [5.41, 5.74) is 12.6. The number of hydrogen-bond acceptors (Lipinski definition) is 3. The van der Waals surface area contributed by atoms with Crippen LogP contribution in [0.3, 0.4) is 0 Å². The van der Waals surface area contributed by atoms with Gasteiger partial charge in [-0.25, -0.2) is 4.98 Å². The topological polar surface area (TPSA) is 82.0 Å². The first-order valence-electron chi connectivity index (χ1n) is 4.09. The number of nitrogens with zero attached hydrogens (tertiary/aromatic N) is 1. The molecular formula is C10H11N3O. The Morgan fingerprint density at radius 2 is 2.36 bits per heavy atom. The second-order valence-electron chi connectivity index (χ2n) is 2.83. The standard InChI is InChI=1S/C10H11N3O/c1-7-5-6-13-8(10(7)12)3-2-4-9(11)14/h5-6H,4,12H2,1H3,(H2,11,14). The van der Waals surface area contributed by atoms with E-state index in [1.54, 1.807) is 12.3 Å². The molecule has 0 unspecified atom stereocenters. The summed E-state index contributed by atoms with van der Waals surface area (Å²) in [6.45, 7) is 1.87. The zero-order chi connectivity index (χ0) is 10.6. The molecule has 0 atom stereocenters. The van der Waals surface area contributed by atoms with E-state index in [0.29, 0.717) is 11.4 Å². The Morgan fingerprint density at radius 1 is 1.64 bits per heavy atom. The van der Waals surface area contributed by atoms with Crippen molar-refractivity contribution >= 4 is 11.6 Å². The van der Waals surface area contributed by atoms with Crippen LogP contribution in [0.15, 0.2) is 12.3 Å². The van der Waals surface area contributed by atoms with E-state index in [-0.39, 0.29) is 6.42 Å². The van der Waals surface area contributed by atoms with E-state index in [4.69, 9.17) is 11.5 Å². The summed E-state index contributed by atoms with van der Waals surface area (Å²) < 4.78 is 0. The van der Waals surface area contributed by atoms with Gasteiger partial charge < -0.3 is 11.5 Å². The predicted molar refractivity (Wildman–Crippen MR) is 54.1 cm³/mol. The maximum Gasteiger partial charge on any atom is 0.229 e. The fourth-order valence-corrected chi connectivity index (χ4v) is 0.884. The number of aromatic nitrogens is 1. The third-order valence-electron chi connectivity index (χ3n) is 1.68. The highest BCUT2D eigenvalue weighted by Gasteiger charge is 1.98. The normalized spacial score (nSPS) is 8.93. The number of primary amides is 1. The van der Waals surface area contributed by atoms with E-state index in [9.17, 15) is 4.79 Å². The number of aryl methyl sites for hydroxylation is 1. The molecule has 1 rings (SSSR count). The molecule has 0 spiro atoms. The number of rotatable bonds is 1. The Bertz CT molecular complexity index is 415. The van der Waals surface area contributed by atoms with Gasteiger partial charge in [-0.1, -0.05) is 5.92 Å². The number of nitrogens with two attached hydrogens (primary N) is 2. The molecule has 1 heterocycles. The van der Waals surface area contributed by atoms with Crippen LogP contribution in [0.5, 0.6) is 0 Å². The van der Waals surface area contributed by atoms with Crippen LogP contribution < -0.4 is 11.5 Å². The van der Waals surface area contributed by atoms with Gasteiger partial charge in [-0.05, 0) is 24.5 Å². The molecule has 4 N–H and O–H groups in total. The first-order chi connectivity index (χ1) is 6.61. The van der Waals surface area contributed by atoms with Crippen molar-refractivity contribution < 1.29 is 4.79 Å². The van der Waals surface area contributed by atoms with Gasteiger partial charge in [-0.15, -0.1) is 0 Å². The lowest BCUT2D eigenvalue weighted by atomic mass is 10.2. The summed E-state index contributed by atoms with van der Waals surface area (Å²) in [5.74, 6) is 4.85. The maximum absolute atomic E-state index is 10.4. The average molecular weight is 189 g/mol. The van der Waals surface area contributed by atoms with Gasteiger partial charge in [0.05, 0.1) is 12.1 Å². The van der Waals surface area contributed by atoms with E-state index >= 15 is 0 Å². The zero-order valence-electron chi connectivity index (χ0n) is 7.87. The van der Waals surface area contributed by atoms with Crippen LogP contribution in [0, 0.1) is 18.8 Å². The van der Waals surface area contributed by atoms with Crippen molar-refractivity contribution in [2.75, 3.05) is 5.73 Å². The quantitative estimate of drug-likeness (QED) is 0.619. The Morgan fingerprint density at radius 3 is 3.00 bits per heavy atom. The molecule has 0 saturated heterocycles. The van der Waals surface area contributed by atoms with Crippen LogP contribution in [0.4, 0.5) is 5.69 Å². The highest BCUT2D eigenvalue weighted by molar-refractivity contribution is 5.76. The Hall–Kier alpha value is -2.02. The summed E-state index contributed by atoms with van der Waals surface area (Å²) in [6, 6.07) is 1.80. The summed E-state index contributed by atoms with van der Waals surface area (Å²) in [6.07, 6.45) is 1.65. The van der Waals surface area contributed by atoms with E-state index in [1.165, 1.54) is 0 Å². The van der Waals surface area contributed by atoms with Crippen molar-refractivity contribution in [1.82, 2.24) is 4.98 Å². The third kappa shape index (κ3) is 2.49. The predicted octanol–water partition coefficient (Wildman–Crippen LogP) is 0.199. The van der Waals surface area contributed by atoms with E-state index in [0.717, 1.165) is 5.56 Å². The van der Waals surface area contributed by atoms with Gasteiger partial charge in [0, 0.05) is 6.20 Å². The van der Waals surface area contributed by atoms with Crippen molar-refractivity contribution in [2.24, 2.45) is 5.73 Å². The SMILES string of the molecule is Cc1ccnc(C#CCC(N)=O)c1N. The van der Waals surface area contributed by atoms with Gasteiger partial charge in [0.2, 0.25) is 5.91 Å². The molecular weight excluding hydrogens is 178 g/mol. The van der Waals surface area contributed by atoms with Crippen molar-refractivity contribution in [2.45, 2.75) is 13.3 Å². The van der Waals surface area contributed by atoms with Crippen LogP contribution in [0.1, 0.15) is 17.7 Å². The van der Waals surface area contributed by atoms with Crippen molar-refractivity contribution in [3.05, 3.63) is 23.5 Å². The van der Waals surface area contributed by atoms with Crippen LogP contribution >= 0.6 is 0 Å². The Kier molecular flexibility index (Phi) is 3.08. The molecule has 0 bridgehead atoms. The molecule has 1 aromatic heterocycles. The number of hydrogen-bond donors (Lipinski definition) is 2. The Labute approximate surface area is 82.3 Å². The minimum absolute atomic E-state index is 0.0229. The fourth-order valence-electron chi connectivity index (χ4n) is 0.884. The van der Waals surface area contributed by atoms with Crippen LogP contribution in [0.25, 0.3) is 0 Å². The lowest BCUT2D eigenvalue weighted by Gasteiger charge is -1.99. The van der Waals surface area contributed by atoms with Gasteiger partial charge in [-0.3, -0.25) is 4.79 Å². The number of anilines is 1. The van der Waals surface area contributed by atoms with Gasteiger partial charge in [0.15, 0.2) is 0 Å². The van der Waals surface area contributed by atoms with Gasteiger partial charge in [0.25, 0.3) is 0 Å². The second kappa shape index (κ2) is 4.28. The molecule has 4 heteroatoms. The lowest BCUT2D eigenvalue weighted by molar-refractivity contribution is -0.117. The zero-order valence-corrected chi connectivity index (χ0v) is 7.87. The van der Waals surface area contributed by atoms with Gasteiger partial charge in [0.1, 0.15) is 5.69 Å². The molecule has 1 aromatic rings. The molecule has 1 amide bonds. The Balaban J connectivity index is 2.90. The molecule has 0 aliphatic carbocycles. The molecule has 0 aliphatic heterocycles. The minimum atomic E-state index is -0.455. The van der Waals surface area contributed by atoms with Crippen LogP contribution in [-0.4, -0.2) is 10.9 Å². The molecule has 4 nitrogen and oxygen atoms in total. The number of amides is 1.